The highest BCUT2D eigenvalue weighted by atomic mass is 32.2. The van der Waals surface area contributed by atoms with Crippen molar-refractivity contribution in [3.63, 3.8) is 0 Å². The van der Waals surface area contributed by atoms with Crippen molar-refractivity contribution in [1.82, 2.24) is 9.62 Å². The monoisotopic (exact) mass is 298 g/mol. The summed E-state index contributed by atoms with van der Waals surface area (Å²) in [7, 11) is 0.0281. The zero-order valence-electron chi connectivity index (χ0n) is 12.0. The first-order chi connectivity index (χ1) is 9.54. The smallest absolute Gasteiger partial charge is 0.217 e. The van der Waals surface area contributed by atoms with Crippen LogP contribution in [0.5, 0.6) is 5.75 Å². The van der Waals surface area contributed by atoms with E-state index in [1.165, 1.54) is 4.31 Å². The fourth-order valence-electron chi connectivity index (χ4n) is 2.47. The average Bonchev–Trinajstić information content (AvgIpc) is 2.48. The van der Waals surface area contributed by atoms with Gasteiger partial charge in [-0.05, 0) is 43.6 Å². The summed E-state index contributed by atoms with van der Waals surface area (Å²) in [5.74, 6) is 0.746. The molecule has 20 heavy (non-hydrogen) atoms. The zero-order valence-corrected chi connectivity index (χ0v) is 12.8. The zero-order chi connectivity index (χ0) is 14.6. The normalized spacial score (nSPS) is 17.4. The van der Waals surface area contributed by atoms with Gasteiger partial charge in [0.05, 0.1) is 12.4 Å². The van der Waals surface area contributed by atoms with Gasteiger partial charge in [-0.15, -0.1) is 0 Å². The molecule has 1 aromatic carbocycles. The summed E-state index contributed by atoms with van der Waals surface area (Å²) in [5.41, 5.74) is 0.935. The summed E-state index contributed by atoms with van der Waals surface area (Å²) < 4.78 is 31.6. The Kier molecular flexibility index (Phi) is 5.01. The number of hydrogen-bond acceptors (Lipinski definition) is 4. The lowest BCUT2D eigenvalue weighted by atomic mass is 10.2. The maximum atomic E-state index is 12.5. The lowest BCUT2D eigenvalue weighted by Gasteiger charge is -2.27. The Bertz CT molecular complexity index is 539. The molecule has 0 bridgehead atoms. The minimum Gasteiger partial charge on any atom is -0.497 e. The van der Waals surface area contributed by atoms with Crippen LogP contribution in [-0.4, -0.2) is 45.2 Å². The summed E-state index contributed by atoms with van der Waals surface area (Å²) in [6.45, 7) is 1.93. The molecule has 0 aromatic heterocycles. The fourth-order valence-corrected chi connectivity index (χ4v) is 4.14. The summed E-state index contributed by atoms with van der Waals surface area (Å²) in [6, 6.07) is 7.51. The molecule has 1 heterocycles. The van der Waals surface area contributed by atoms with Gasteiger partial charge in [-0.1, -0.05) is 12.1 Å². The number of ether oxygens (including phenoxy) is 1. The quantitative estimate of drug-likeness (QED) is 0.887. The molecule has 0 aliphatic carbocycles. The molecular formula is C14H22N2O3S. The number of nitrogens with zero attached hydrogens (tertiary/aromatic N) is 1. The maximum absolute atomic E-state index is 12.5. The molecule has 1 saturated heterocycles. The molecule has 2 rings (SSSR count). The summed E-state index contributed by atoms with van der Waals surface area (Å²) in [4.78, 5) is 0. The second-order valence-electron chi connectivity index (χ2n) is 5.10. The van der Waals surface area contributed by atoms with Crippen molar-refractivity contribution in [3.8, 4) is 5.75 Å². The van der Waals surface area contributed by atoms with Crippen molar-refractivity contribution < 1.29 is 13.2 Å². The maximum Gasteiger partial charge on any atom is 0.217 e. The molecule has 0 radical (unpaired) electrons. The third-order valence-corrected chi connectivity index (χ3v) is 5.99. The van der Waals surface area contributed by atoms with Crippen LogP contribution in [0.4, 0.5) is 0 Å². The Labute approximate surface area is 121 Å². The molecule has 1 aromatic rings. The Morgan fingerprint density at radius 2 is 2.05 bits per heavy atom. The topological polar surface area (TPSA) is 58.6 Å². The molecule has 1 aliphatic rings. The van der Waals surface area contributed by atoms with Crippen molar-refractivity contribution in [2.45, 2.75) is 24.6 Å². The lowest BCUT2D eigenvalue weighted by Crippen LogP contribution is -2.42. The van der Waals surface area contributed by atoms with E-state index in [4.69, 9.17) is 4.74 Å². The van der Waals surface area contributed by atoms with E-state index < -0.39 is 10.0 Å². The van der Waals surface area contributed by atoms with E-state index >= 15 is 0 Å². The minimum atomic E-state index is -3.23. The van der Waals surface area contributed by atoms with Gasteiger partial charge in [-0.25, -0.2) is 12.7 Å². The Balaban J connectivity index is 2.07. The van der Waals surface area contributed by atoms with Crippen LogP contribution in [0.2, 0.25) is 0 Å². The van der Waals surface area contributed by atoms with Gasteiger partial charge in [0.2, 0.25) is 10.0 Å². The van der Waals surface area contributed by atoms with Crippen LogP contribution < -0.4 is 10.1 Å². The van der Waals surface area contributed by atoms with Gasteiger partial charge in [-0.3, -0.25) is 0 Å². The molecule has 0 spiro atoms. The first-order valence-corrected chi connectivity index (χ1v) is 8.33. The highest BCUT2D eigenvalue weighted by molar-refractivity contribution is 7.89. The highest BCUT2D eigenvalue weighted by Gasteiger charge is 2.30. The number of sulfonamides is 1. The van der Waals surface area contributed by atoms with Crippen molar-refractivity contribution in [1.29, 1.82) is 0 Å². The second kappa shape index (κ2) is 6.56. The summed E-state index contributed by atoms with van der Waals surface area (Å²) in [6.07, 6.45) is 1.37. The SMILES string of the molecule is COc1cccc(CN(C)S(=O)(=O)C2CCNCC2)c1. The van der Waals surface area contributed by atoms with Crippen LogP contribution >= 0.6 is 0 Å². The molecular weight excluding hydrogens is 276 g/mol. The van der Waals surface area contributed by atoms with E-state index in [0.717, 1.165) is 24.4 Å². The van der Waals surface area contributed by atoms with Gasteiger partial charge in [-0.2, -0.15) is 0 Å². The molecule has 1 fully saturated rings. The highest BCUT2D eigenvalue weighted by Crippen LogP contribution is 2.20. The van der Waals surface area contributed by atoms with Crippen LogP contribution in [0.25, 0.3) is 0 Å². The van der Waals surface area contributed by atoms with Crippen molar-refractivity contribution in [3.05, 3.63) is 29.8 Å². The predicted molar refractivity (Wildman–Crippen MR) is 79.3 cm³/mol. The van der Waals surface area contributed by atoms with Gasteiger partial charge >= 0.3 is 0 Å². The lowest BCUT2D eigenvalue weighted by molar-refractivity contribution is 0.410. The van der Waals surface area contributed by atoms with Crippen LogP contribution in [0.15, 0.2) is 24.3 Å². The first kappa shape index (κ1) is 15.3. The summed E-state index contributed by atoms with van der Waals surface area (Å²) in [5, 5.41) is 2.93. The molecule has 0 atom stereocenters. The van der Waals surface area contributed by atoms with Crippen LogP contribution in [0.1, 0.15) is 18.4 Å². The number of benzene rings is 1. The minimum absolute atomic E-state index is 0.264. The van der Waals surface area contributed by atoms with Gasteiger partial charge in [0, 0.05) is 13.6 Å². The van der Waals surface area contributed by atoms with Gasteiger partial charge in [0.15, 0.2) is 0 Å². The molecule has 1 aliphatic heterocycles. The first-order valence-electron chi connectivity index (χ1n) is 6.83. The third-order valence-electron chi connectivity index (χ3n) is 3.68. The largest absolute Gasteiger partial charge is 0.497 e. The Morgan fingerprint density at radius 1 is 1.35 bits per heavy atom. The average molecular weight is 298 g/mol. The summed E-state index contributed by atoms with van der Waals surface area (Å²) >= 11 is 0. The van der Waals surface area contributed by atoms with E-state index in [2.05, 4.69) is 5.32 Å². The molecule has 6 heteroatoms. The number of nitrogens with one attached hydrogen (secondary N) is 1. The van der Waals surface area contributed by atoms with Gasteiger partial charge in [0.1, 0.15) is 5.75 Å². The third kappa shape index (κ3) is 3.50. The van der Waals surface area contributed by atoms with Crippen LogP contribution in [0.3, 0.4) is 0 Å². The molecule has 112 valence electrons. The van der Waals surface area contributed by atoms with Gasteiger partial charge < -0.3 is 10.1 Å². The number of hydrogen-bond donors (Lipinski definition) is 1. The second-order valence-corrected chi connectivity index (χ2v) is 7.42. The van der Waals surface area contributed by atoms with Crippen molar-refractivity contribution in [2.75, 3.05) is 27.2 Å². The van der Waals surface area contributed by atoms with E-state index in [9.17, 15) is 8.42 Å². The number of rotatable bonds is 5. The van der Waals surface area contributed by atoms with E-state index in [0.29, 0.717) is 19.4 Å². The van der Waals surface area contributed by atoms with E-state index in [1.807, 2.05) is 24.3 Å². The standard InChI is InChI=1S/C14H22N2O3S/c1-16(11-12-4-3-5-13(10-12)19-2)20(17,18)14-6-8-15-9-7-14/h3-5,10,14-15H,6-9,11H2,1-2H3. The van der Waals surface area contributed by atoms with Crippen LogP contribution in [0, 0.1) is 0 Å². The number of methoxy groups -OCH3 is 1. The van der Waals surface area contributed by atoms with Crippen molar-refractivity contribution >= 4 is 10.0 Å². The Hall–Kier alpha value is -1.11. The molecule has 0 saturated carbocycles. The fraction of sp³-hybridized carbons (Fsp3) is 0.571. The van der Waals surface area contributed by atoms with Crippen LogP contribution in [-0.2, 0) is 16.6 Å². The molecule has 1 N–H and O–H groups in total. The number of piperidine rings is 1. The van der Waals surface area contributed by atoms with Crippen molar-refractivity contribution in [2.24, 2.45) is 0 Å². The Morgan fingerprint density at radius 3 is 2.70 bits per heavy atom. The molecule has 0 unspecified atom stereocenters. The van der Waals surface area contributed by atoms with E-state index in [-0.39, 0.29) is 5.25 Å². The van der Waals surface area contributed by atoms with Gasteiger partial charge in [0.25, 0.3) is 0 Å². The molecule has 5 nitrogen and oxygen atoms in total. The predicted octanol–water partition coefficient (Wildman–Crippen LogP) is 1.21. The molecule has 0 amide bonds. The van der Waals surface area contributed by atoms with E-state index in [1.54, 1.807) is 14.2 Å².